The van der Waals surface area contributed by atoms with E-state index in [2.05, 4.69) is 0 Å². The van der Waals surface area contributed by atoms with Gasteiger partial charge in [0.1, 0.15) is 5.75 Å². The molecule has 0 radical (unpaired) electrons. The molecule has 0 aliphatic rings. The molecule has 0 aliphatic carbocycles. The molecule has 0 aliphatic heterocycles. The van der Waals surface area contributed by atoms with Crippen molar-refractivity contribution in [3.63, 3.8) is 0 Å². The van der Waals surface area contributed by atoms with Crippen LogP contribution in [0.3, 0.4) is 0 Å². The lowest BCUT2D eigenvalue weighted by Crippen LogP contribution is -2.02. The fourth-order valence-corrected chi connectivity index (χ4v) is 1.37. The van der Waals surface area contributed by atoms with Gasteiger partial charge in [0.25, 0.3) is 0 Å². The molecule has 0 fully saturated rings. The van der Waals surface area contributed by atoms with Crippen LogP contribution in [0.1, 0.15) is 23.6 Å². The molecule has 76 valence electrons. The third-order valence-corrected chi connectivity index (χ3v) is 2.14. The smallest absolute Gasteiger partial charge is 0.164 e. The summed E-state index contributed by atoms with van der Waals surface area (Å²) in [5, 5.41) is 9.55. The zero-order valence-electron chi connectivity index (χ0n) is 8.63. The second kappa shape index (κ2) is 4.53. The van der Waals surface area contributed by atoms with Crippen molar-refractivity contribution in [2.24, 2.45) is 0 Å². The van der Waals surface area contributed by atoms with Crippen LogP contribution in [0.4, 0.5) is 0 Å². The molecule has 3 heteroatoms. The zero-order chi connectivity index (χ0) is 10.7. The van der Waals surface area contributed by atoms with Crippen molar-refractivity contribution in [3.8, 4) is 5.75 Å². The molecule has 0 aromatic heterocycles. The van der Waals surface area contributed by atoms with E-state index in [1.807, 2.05) is 26.0 Å². The summed E-state index contributed by atoms with van der Waals surface area (Å²) in [5.74, 6) is 0.771. The number of hydrogen-bond acceptors (Lipinski definition) is 3. The predicted molar refractivity (Wildman–Crippen MR) is 60.7 cm³/mol. The number of thiocarbonyl (C=S) groups is 1. The summed E-state index contributed by atoms with van der Waals surface area (Å²) >= 11 is 4.87. The third kappa shape index (κ3) is 2.53. The van der Waals surface area contributed by atoms with Gasteiger partial charge >= 0.3 is 0 Å². The summed E-state index contributed by atoms with van der Waals surface area (Å²) in [5.41, 5.74) is 2.94. The van der Waals surface area contributed by atoms with Crippen LogP contribution >= 0.6 is 12.2 Å². The lowest BCUT2D eigenvalue weighted by molar-refractivity contribution is 0.281. The van der Waals surface area contributed by atoms with Gasteiger partial charge in [-0.05, 0) is 54.9 Å². The van der Waals surface area contributed by atoms with E-state index in [1.54, 1.807) is 6.92 Å². The number of benzene rings is 1. The molecule has 2 nitrogen and oxygen atoms in total. The van der Waals surface area contributed by atoms with E-state index in [-0.39, 0.29) is 6.61 Å². The van der Waals surface area contributed by atoms with Crippen molar-refractivity contribution in [1.82, 2.24) is 0 Å². The quantitative estimate of drug-likeness (QED) is 0.761. The minimum absolute atomic E-state index is 0.0591. The molecule has 0 heterocycles. The molecule has 1 aromatic rings. The van der Waals surface area contributed by atoms with Gasteiger partial charge in [0, 0.05) is 6.92 Å². The van der Waals surface area contributed by atoms with E-state index in [1.165, 1.54) is 0 Å². The van der Waals surface area contributed by atoms with Crippen LogP contribution in [0.15, 0.2) is 12.1 Å². The van der Waals surface area contributed by atoms with Crippen molar-refractivity contribution in [3.05, 3.63) is 28.8 Å². The highest BCUT2D eigenvalue weighted by Crippen LogP contribution is 2.23. The zero-order valence-corrected chi connectivity index (χ0v) is 9.44. The van der Waals surface area contributed by atoms with Gasteiger partial charge in [-0.2, -0.15) is 0 Å². The number of ether oxygens (including phenoxy) is 1. The summed E-state index contributed by atoms with van der Waals surface area (Å²) in [6, 6.07) is 3.82. The van der Waals surface area contributed by atoms with Gasteiger partial charge in [0.05, 0.1) is 6.61 Å². The normalized spacial score (nSPS) is 10.0. The highest BCUT2D eigenvalue weighted by Gasteiger charge is 2.05. The molecule has 0 saturated heterocycles. The van der Waals surface area contributed by atoms with Crippen molar-refractivity contribution >= 4 is 17.3 Å². The minimum atomic E-state index is 0.0591. The summed E-state index contributed by atoms with van der Waals surface area (Å²) in [7, 11) is 0. The molecule has 1 rings (SSSR count). The Balaban J connectivity index is 3.08. The third-order valence-electron chi connectivity index (χ3n) is 2.06. The summed E-state index contributed by atoms with van der Waals surface area (Å²) in [6.45, 7) is 5.68. The van der Waals surface area contributed by atoms with E-state index < -0.39 is 0 Å². The SMILES string of the molecule is CC(=S)Oc1cc(C)c(CO)cc1C. The van der Waals surface area contributed by atoms with Crippen LogP contribution in [-0.2, 0) is 6.61 Å². The van der Waals surface area contributed by atoms with Crippen LogP contribution in [0.2, 0.25) is 0 Å². The topological polar surface area (TPSA) is 29.5 Å². The summed E-state index contributed by atoms with van der Waals surface area (Å²) in [6.07, 6.45) is 0. The van der Waals surface area contributed by atoms with Crippen LogP contribution in [-0.4, -0.2) is 10.2 Å². The van der Waals surface area contributed by atoms with Gasteiger partial charge in [-0.1, -0.05) is 0 Å². The second-order valence-electron chi connectivity index (χ2n) is 3.30. The largest absolute Gasteiger partial charge is 0.450 e. The number of aliphatic hydroxyl groups is 1. The monoisotopic (exact) mass is 210 g/mol. The van der Waals surface area contributed by atoms with Crippen molar-refractivity contribution < 1.29 is 9.84 Å². The molecule has 1 aromatic carbocycles. The Morgan fingerprint density at radius 3 is 2.50 bits per heavy atom. The molecular formula is C11H14O2S. The van der Waals surface area contributed by atoms with Crippen LogP contribution in [0, 0.1) is 13.8 Å². The molecule has 14 heavy (non-hydrogen) atoms. The Bertz CT molecular complexity index is 359. The second-order valence-corrected chi connectivity index (χ2v) is 3.87. The number of rotatable bonds is 2. The molecule has 0 bridgehead atoms. The molecule has 0 unspecified atom stereocenters. The molecule has 0 atom stereocenters. The Kier molecular flexibility index (Phi) is 3.61. The minimum Gasteiger partial charge on any atom is -0.450 e. The van der Waals surface area contributed by atoms with E-state index in [4.69, 9.17) is 22.1 Å². The maximum absolute atomic E-state index is 9.05. The summed E-state index contributed by atoms with van der Waals surface area (Å²) in [4.78, 5) is 0. The highest BCUT2D eigenvalue weighted by atomic mass is 32.1. The average Bonchev–Trinajstić information content (AvgIpc) is 2.10. The van der Waals surface area contributed by atoms with Crippen molar-refractivity contribution in [1.29, 1.82) is 0 Å². The predicted octanol–water partition coefficient (Wildman–Crippen LogP) is 2.52. The Labute approximate surface area is 89.5 Å². The lowest BCUT2D eigenvalue weighted by Gasteiger charge is -2.10. The molecule has 1 N–H and O–H groups in total. The van der Waals surface area contributed by atoms with Gasteiger partial charge in [0.2, 0.25) is 0 Å². The van der Waals surface area contributed by atoms with Crippen LogP contribution in [0.25, 0.3) is 0 Å². The first-order chi connectivity index (χ1) is 6.54. The van der Waals surface area contributed by atoms with Crippen LogP contribution < -0.4 is 4.74 Å². The van der Waals surface area contributed by atoms with Crippen molar-refractivity contribution in [2.45, 2.75) is 27.4 Å². The van der Waals surface area contributed by atoms with Crippen molar-refractivity contribution in [2.75, 3.05) is 0 Å². The summed E-state index contributed by atoms with van der Waals surface area (Å²) < 4.78 is 5.38. The number of aliphatic hydroxyl groups excluding tert-OH is 1. The van der Waals surface area contributed by atoms with E-state index in [9.17, 15) is 0 Å². The van der Waals surface area contributed by atoms with Crippen LogP contribution in [0.5, 0.6) is 5.75 Å². The highest BCUT2D eigenvalue weighted by molar-refractivity contribution is 7.80. The first-order valence-electron chi connectivity index (χ1n) is 4.44. The first kappa shape index (κ1) is 11.1. The number of aryl methyl sites for hydroxylation is 2. The fraction of sp³-hybridized carbons (Fsp3) is 0.364. The first-order valence-corrected chi connectivity index (χ1v) is 4.85. The standard InChI is InChI=1S/C11H14O2S/c1-7-5-11(13-9(3)14)8(2)4-10(7)6-12/h4-5,12H,6H2,1-3H3. The van der Waals surface area contributed by atoms with Gasteiger partial charge in [-0.15, -0.1) is 0 Å². The van der Waals surface area contributed by atoms with Gasteiger partial charge in [-0.3, -0.25) is 0 Å². The number of hydrogen-bond donors (Lipinski definition) is 1. The lowest BCUT2D eigenvalue weighted by atomic mass is 10.1. The van der Waals surface area contributed by atoms with E-state index in [0.29, 0.717) is 5.05 Å². The Morgan fingerprint density at radius 2 is 2.00 bits per heavy atom. The molecule has 0 spiro atoms. The van der Waals surface area contributed by atoms with Gasteiger partial charge in [-0.25, -0.2) is 0 Å². The van der Waals surface area contributed by atoms with Gasteiger partial charge < -0.3 is 9.84 Å². The Morgan fingerprint density at radius 1 is 1.36 bits per heavy atom. The van der Waals surface area contributed by atoms with Gasteiger partial charge in [0.15, 0.2) is 5.05 Å². The fourth-order valence-electron chi connectivity index (χ4n) is 1.28. The molecule has 0 amide bonds. The Hall–Kier alpha value is -0.930. The maximum atomic E-state index is 9.05. The van der Waals surface area contributed by atoms with E-state index in [0.717, 1.165) is 22.4 Å². The molecular weight excluding hydrogens is 196 g/mol. The maximum Gasteiger partial charge on any atom is 0.164 e. The molecule has 0 saturated carbocycles. The van der Waals surface area contributed by atoms with E-state index >= 15 is 0 Å². The average molecular weight is 210 g/mol.